The molecule has 0 aromatic heterocycles. The summed E-state index contributed by atoms with van der Waals surface area (Å²) in [5.41, 5.74) is 1.81. The zero-order valence-corrected chi connectivity index (χ0v) is 15.2. The molecule has 0 spiro atoms. The van der Waals surface area contributed by atoms with Crippen LogP contribution in [0.4, 0.5) is 0 Å². The summed E-state index contributed by atoms with van der Waals surface area (Å²) < 4.78 is 0. The fourth-order valence-electron chi connectivity index (χ4n) is 3.16. The molecule has 1 unspecified atom stereocenters. The number of amides is 2. The quantitative estimate of drug-likeness (QED) is 0.818. The molecule has 1 N–H and O–H groups in total. The molecule has 1 saturated heterocycles. The minimum absolute atomic E-state index is 0.0187. The van der Waals surface area contributed by atoms with Gasteiger partial charge >= 0.3 is 0 Å². The van der Waals surface area contributed by atoms with Gasteiger partial charge in [0.2, 0.25) is 12.0 Å². The summed E-state index contributed by atoms with van der Waals surface area (Å²) in [6.45, 7) is 5.75. The van der Waals surface area contributed by atoms with E-state index < -0.39 is 6.10 Å². The van der Waals surface area contributed by atoms with Gasteiger partial charge in [-0.2, -0.15) is 0 Å². The molecule has 1 aromatic carbocycles. The van der Waals surface area contributed by atoms with E-state index in [1.165, 1.54) is 0 Å². The molecule has 7 heteroatoms. The molecule has 7 nitrogen and oxygen atoms in total. The van der Waals surface area contributed by atoms with Crippen LogP contribution in [0.3, 0.4) is 0 Å². The Labute approximate surface area is 154 Å². The Morgan fingerprint density at radius 1 is 1.19 bits per heavy atom. The lowest BCUT2D eigenvalue weighted by molar-refractivity contribution is -0.144. The molecule has 0 radical (unpaired) electrons. The van der Waals surface area contributed by atoms with Gasteiger partial charge in [0.05, 0.1) is 12.3 Å². The molecule has 2 aliphatic rings. The van der Waals surface area contributed by atoms with Crippen LogP contribution in [0.1, 0.15) is 25.3 Å². The normalized spacial score (nSPS) is 20.4. The number of hydrogen-bond acceptors (Lipinski definition) is 5. The molecule has 1 atom stereocenters. The van der Waals surface area contributed by atoms with Crippen LogP contribution in [-0.2, 0) is 14.4 Å². The Balaban J connectivity index is 1.44. The van der Waals surface area contributed by atoms with Gasteiger partial charge in [-0.15, -0.1) is 0 Å². The summed E-state index contributed by atoms with van der Waals surface area (Å²) in [4.78, 5) is 33.8. The minimum Gasteiger partial charge on any atom is -0.382 e. The summed E-state index contributed by atoms with van der Waals surface area (Å²) in [5.74, 6) is 0.0291. The third-order valence-electron chi connectivity index (χ3n) is 4.67. The molecule has 2 amide bonds. The molecular formula is C19H26N4O3. The molecular weight excluding hydrogens is 332 g/mol. The van der Waals surface area contributed by atoms with Crippen molar-refractivity contribution in [2.24, 2.45) is 5.16 Å². The number of carbonyl (C=O) groups is 2. The summed E-state index contributed by atoms with van der Waals surface area (Å²) in [7, 11) is 0. The monoisotopic (exact) mass is 358 g/mol. The average Bonchev–Trinajstić information content (AvgIpc) is 3.17. The van der Waals surface area contributed by atoms with Crippen LogP contribution in [-0.4, -0.2) is 72.7 Å². The first kappa shape index (κ1) is 18.4. The topological polar surface area (TPSA) is 74.2 Å². The maximum atomic E-state index is 12.7. The van der Waals surface area contributed by atoms with Gasteiger partial charge < -0.3 is 15.1 Å². The largest absolute Gasteiger partial charge is 0.382 e. The van der Waals surface area contributed by atoms with Gasteiger partial charge in [-0.3, -0.25) is 14.5 Å². The Morgan fingerprint density at radius 2 is 1.92 bits per heavy atom. The lowest BCUT2D eigenvalue weighted by Crippen LogP contribution is -2.53. The van der Waals surface area contributed by atoms with Gasteiger partial charge in [-0.25, -0.2) is 0 Å². The van der Waals surface area contributed by atoms with Crippen LogP contribution in [0.2, 0.25) is 0 Å². The van der Waals surface area contributed by atoms with Gasteiger partial charge in [-0.1, -0.05) is 42.4 Å². The molecule has 26 heavy (non-hydrogen) atoms. The van der Waals surface area contributed by atoms with E-state index in [4.69, 9.17) is 4.84 Å². The molecule has 3 rings (SSSR count). The van der Waals surface area contributed by atoms with Crippen LogP contribution in [0.25, 0.3) is 0 Å². The SMILES string of the molecule is CCCNC(=O)CN1CCN(C(=O)C2CC(c3ccccc3)=NO2)CC1. The fraction of sp³-hybridized carbons (Fsp3) is 0.526. The van der Waals surface area contributed by atoms with Crippen molar-refractivity contribution in [3.05, 3.63) is 35.9 Å². The molecule has 1 fully saturated rings. The predicted octanol–water partition coefficient (Wildman–Crippen LogP) is 0.850. The minimum atomic E-state index is -0.537. The molecule has 140 valence electrons. The lowest BCUT2D eigenvalue weighted by Gasteiger charge is -2.35. The first-order chi connectivity index (χ1) is 12.7. The number of benzene rings is 1. The Hall–Kier alpha value is -2.41. The maximum absolute atomic E-state index is 12.7. The van der Waals surface area contributed by atoms with Gasteiger partial charge in [0.15, 0.2) is 0 Å². The number of piperazine rings is 1. The van der Waals surface area contributed by atoms with E-state index in [0.29, 0.717) is 45.7 Å². The van der Waals surface area contributed by atoms with Crippen molar-refractivity contribution < 1.29 is 14.4 Å². The molecule has 0 aliphatic carbocycles. The van der Waals surface area contributed by atoms with Gasteiger partial charge in [-0.05, 0) is 12.0 Å². The highest BCUT2D eigenvalue weighted by Gasteiger charge is 2.33. The molecule has 1 aromatic rings. The van der Waals surface area contributed by atoms with Crippen molar-refractivity contribution >= 4 is 17.5 Å². The zero-order valence-electron chi connectivity index (χ0n) is 15.2. The van der Waals surface area contributed by atoms with Gasteiger partial charge in [0.25, 0.3) is 5.91 Å². The van der Waals surface area contributed by atoms with Crippen molar-refractivity contribution in [1.82, 2.24) is 15.1 Å². The highest BCUT2D eigenvalue weighted by molar-refractivity contribution is 6.04. The van der Waals surface area contributed by atoms with Crippen molar-refractivity contribution in [1.29, 1.82) is 0 Å². The summed E-state index contributed by atoms with van der Waals surface area (Å²) in [6, 6.07) is 9.78. The van der Waals surface area contributed by atoms with Crippen LogP contribution in [0.15, 0.2) is 35.5 Å². The second kappa shape index (κ2) is 8.80. The van der Waals surface area contributed by atoms with E-state index in [1.807, 2.05) is 42.2 Å². The second-order valence-electron chi connectivity index (χ2n) is 6.65. The number of oxime groups is 1. The average molecular weight is 358 g/mol. The Bertz CT molecular complexity index is 654. The van der Waals surface area contributed by atoms with Gasteiger partial charge in [0, 0.05) is 39.1 Å². The number of nitrogens with one attached hydrogen (secondary N) is 1. The first-order valence-electron chi connectivity index (χ1n) is 9.23. The highest BCUT2D eigenvalue weighted by Crippen LogP contribution is 2.19. The first-order valence-corrected chi connectivity index (χ1v) is 9.23. The number of nitrogens with zero attached hydrogens (tertiary/aromatic N) is 3. The van der Waals surface area contributed by atoms with Crippen LogP contribution in [0, 0.1) is 0 Å². The van der Waals surface area contributed by atoms with E-state index in [9.17, 15) is 9.59 Å². The number of rotatable bonds is 6. The van der Waals surface area contributed by atoms with Crippen molar-refractivity contribution in [3.8, 4) is 0 Å². The van der Waals surface area contributed by atoms with Crippen LogP contribution >= 0.6 is 0 Å². The van der Waals surface area contributed by atoms with Gasteiger partial charge in [0.1, 0.15) is 0 Å². The number of carbonyl (C=O) groups excluding carboxylic acids is 2. The second-order valence-corrected chi connectivity index (χ2v) is 6.65. The zero-order chi connectivity index (χ0) is 18.4. The maximum Gasteiger partial charge on any atom is 0.266 e. The van der Waals surface area contributed by atoms with E-state index >= 15 is 0 Å². The molecule has 0 saturated carbocycles. The Kier molecular flexibility index (Phi) is 6.22. The summed E-state index contributed by atoms with van der Waals surface area (Å²) >= 11 is 0. The predicted molar refractivity (Wildman–Crippen MR) is 98.8 cm³/mol. The van der Waals surface area contributed by atoms with Crippen molar-refractivity contribution in [3.63, 3.8) is 0 Å². The van der Waals surface area contributed by atoms with Crippen LogP contribution in [0.5, 0.6) is 0 Å². The molecule has 0 bridgehead atoms. The van der Waals surface area contributed by atoms with E-state index in [2.05, 4.69) is 15.4 Å². The fourth-order valence-corrected chi connectivity index (χ4v) is 3.16. The Morgan fingerprint density at radius 3 is 2.62 bits per heavy atom. The summed E-state index contributed by atoms with van der Waals surface area (Å²) in [6.07, 6.45) is 0.898. The standard InChI is InChI=1S/C19H26N4O3/c1-2-8-20-18(24)14-22-9-11-23(12-10-22)19(25)17-13-16(21-26-17)15-6-4-3-5-7-15/h3-7,17H,2,8-14H2,1H3,(H,20,24). The van der Waals surface area contributed by atoms with Crippen LogP contribution < -0.4 is 5.32 Å². The lowest BCUT2D eigenvalue weighted by atomic mass is 10.0. The van der Waals surface area contributed by atoms with E-state index in [-0.39, 0.29) is 11.8 Å². The van der Waals surface area contributed by atoms with E-state index in [1.54, 1.807) is 0 Å². The third-order valence-corrected chi connectivity index (χ3v) is 4.67. The molecule has 2 heterocycles. The number of hydrogen-bond donors (Lipinski definition) is 1. The highest BCUT2D eigenvalue weighted by atomic mass is 16.6. The molecule has 2 aliphatic heterocycles. The van der Waals surface area contributed by atoms with Crippen molar-refractivity contribution in [2.45, 2.75) is 25.9 Å². The van der Waals surface area contributed by atoms with E-state index in [0.717, 1.165) is 17.7 Å². The summed E-state index contributed by atoms with van der Waals surface area (Å²) in [5, 5.41) is 6.97. The van der Waals surface area contributed by atoms with Crippen molar-refractivity contribution in [2.75, 3.05) is 39.3 Å². The smallest absolute Gasteiger partial charge is 0.266 e. The third kappa shape index (κ3) is 4.60.